The van der Waals surface area contributed by atoms with E-state index in [1.807, 2.05) is 26.8 Å². The average Bonchev–Trinajstić information content (AvgIpc) is 3.16. The zero-order chi connectivity index (χ0) is 23.1. The minimum Gasteiger partial charge on any atom is -0.334 e. The molecular weight excluding hydrogens is 419 g/mol. The van der Waals surface area contributed by atoms with Gasteiger partial charge in [0.2, 0.25) is 5.91 Å². The van der Waals surface area contributed by atoms with Crippen LogP contribution in [0.1, 0.15) is 68.9 Å². The monoisotopic (exact) mass is 445 g/mol. The van der Waals surface area contributed by atoms with Crippen molar-refractivity contribution in [2.24, 2.45) is 0 Å². The highest BCUT2D eigenvalue weighted by Gasteiger charge is 2.37. The fourth-order valence-corrected chi connectivity index (χ4v) is 4.04. The van der Waals surface area contributed by atoms with Crippen LogP contribution in [0.15, 0.2) is 36.5 Å². The lowest BCUT2D eigenvalue weighted by Crippen LogP contribution is -2.39. The van der Waals surface area contributed by atoms with Crippen LogP contribution in [0.3, 0.4) is 0 Å². The number of aromatic nitrogens is 4. The predicted octanol–water partition coefficient (Wildman–Crippen LogP) is 4.74. The number of carbonyl (C=O) groups is 1. The van der Waals surface area contributed by atoms with E-state index in [1.54, 1.807) is 29.3 Å². The van der Waals surface area contributed by atoms with Gasteiger partial charge in [-0.1, -0.05) is 26.8 Å². The molecule has 9 heteroatoms. The van der Waals surface area contributed by atoms with Gasteiger partial charge in [-0.2, -0.15) is 18.3 Å². The molecule has 1 saturated heterocycles. The normalized spacial score (nSPS) is 17.7. The van der Waals surface area contributed by atoms with Crippen LogP contribution in [0.5, 0.6) is 0 Å². The molecule has 1 aliphatic heterocycles. The van der Waals surface area contributed by atoms with Crippen LogP contribution in [-0.4, -0.2) is 36.9 Å². The van der Waals surface area contributed by atoms with E-state index in [2.05, 4.69) is 15.1 Å². The van der Waals surface area contributed by atoms with Crippen molar-refractivity contribution in [2.45, 2.75) is 64.1 Å². The first-order chi connectivity index (χ1) is 15.0. The van der Waals surface area contributed by atoms with Gasteiger partial charge >= 0.3 is 6.18 Å². The van der Waals surface area contributed by atoms with E-state index in [0.717, 1.165) is 23.4 Å². The molecule has 0 bridgehead atoms. The Bertz CT molecular complexity index is 1120. The molecule has 1 atom stereocenters. The van der Waals surface area contributed by atoms with Gasteiger partial charge in [-0.3, -0.25) is 9.78 Å². The standard InChI is InChI=1S/C23H26F3N5O/c1-22(2,3)18-14-19(23(24,25)26)31-20(28-18)13-16(29-31)17-9-5-7-11-30(17)21(32)12-15-8-4-6-10-27-15/h4,6,8,10,13-14,17H,5,7,9,11-12H2,1-3H3. The number of amides is 1. The second kappa shape index (κ2) is 8.18. The Hall–Kier alpha value is -2.97. The van der Waals surface area contributed by atoms with Gasteiger partial charge in [0.05, 0.1) is 23.9 Å². The number of fused-ring (bicyclic) bond motifs is 1. The van der Waals surface area contributed by atoms with Crippen LogP contribution in [-0.2, 0) is 22.8 Å². The number of pyridine rings is 1. The third-order valence-electron chi connectivity index (χ3n) is 5.73. The maximum atomic E-state index is 13.8. The molecule has 1 unspecified atom stereocenters. The highest BCUT2D eigenvalue weighted by Crippen LogP contribution is 2.35. The minimum absolute atomic E-state index is 0.107. The lowest BCUT2D eigenvalue weighted by Gasteiger charge is -2.34. The predicted molar refractivity (Wildman–Crippen MR) is 113 cm³/mol. The molecule has 1 aliphatic rings. The molecule has 32 heavy (non-hydrogen) atoms. The van der Waals surface area contributed by atoms with Crippen LogP contribution >= 0.6 is 0 Å². The highest BCUT2D eigenvalue weighted by molar-refractivity contribution is 5.79. The second-order valence-corrected chi connectivity index (χ2v) is 9.21. The zero-order valence-electron chi connectivity index (χ0n) is 18.4. The van der Waals surface area contributed by atoms with Gasteiger partial charge in [0.15, 0.2) is 5.65 Å². The van der Waals surface area contributed by atoms with E-state index in [0.29, 0.717) is 30.0 Å². The first-order valence-electron chi connectivity index (χ1n) is 10.7. The summed E-state index contributed by atoms with van der Waals surface area (Å²) in [5.41, 5.74) is 0.163. The average molecular weight is 445 g/mol. The molecule has 4 heterocycles. The smallest absolute Gasteiger partial charge is 0.334 e. The molecule has 170 valence electrons. The van der Waals surface area contributed by atoms with Gasteiger partial charge in [-0.15, -0.1) is 0 Å². The molecule has 3 aromatic rings. The van der Waals surface area contributed by atoms with Gasteiger partial charge in [0.1, 0.15) is 5.69 Å². The molecular formula is C23H26F3N5O. The third-order valence-corrected chi connectivity index (χ3v) is 5.73. The fourth-order valence-electron chi connectivity index (χ4n) is 4.04. The Labute approximate surface area is 184 Å². The maximum Gasteiger partial charge on any atom is 0.433 e. The number of piperidine rings is 1. The van der Waals surface area contributed by atoms with Crippen molar-refractivity contribution in [1.29, 1.82) is 0 Å². The van der Waals surface area contributed by atoms with E-state index in [-0.39, 0.29) is 24.0 Å². The lowest BCUT2D eigenvalue weighted by atomic mass is 9.91. The van der Waals surface area contributed by atoms with E-state index in [4.69, 9.17) is 0 Å². The van der Waals surface area contributed by atoms with Gasteiger partial charge in [-0.05, 0) is 37.5 Å². The molecule has 0 saturated carbocycles. The Kier molecular flexibility index (Phi) is 5.68. The minimum atomic E-state index is -4.58. The van der Waals surface area contributed by atoms with Gasteiger partial charge in [0, 0.05) is 29.9 Å². The van der Waals surface area contributed by atoms with Crippen molar-refractivity contribution in [3.05, 3.63) is 59.3 Å². The molecule has 0 radical (unpaired) electrons. The van der Waals surface area contributed by atoms with Crippen molar-refractivity contribution in [2.75, 3.05) is 6.54 Å². The van der Waals surface area contributed by atoms with Crippen molar-refractivity contribution in [3.63, 3.8) is 0 Å². The summed E-state index contributed by atoms with van der Waals surface area (Å²) in [7, 11) is 0. The Balaban J connectivity index is 1.73. The summed E-state index contributed by atoms with van der Waals surface area (Å²) in [5.74, 6) is -0.107. The summed E-state index contributed by atoms with van der Waals surface area (Å²) in [6.45, 7) is 6.00. The summed E-state index contributed by atoms with van der Waals surface area (Å²) in [4.78, 5) is 23.4. The Morgan fingerprint density at radius 2 is 1.94 bits per heavy atom. The summed E-state index contributed by atoms with van der Waals surface area (Å²) in [5, 5.41) is 4.29. The summed E-state index contributed by atoms with van der Waals surface area (Å²) in [6, 6.07) is 7.65. The zero-order valence-corrected chi connectivity index (χ0v) is 18.4. The number of likely N-dealkylation sites (tertiary alicyclic amines) is 1. The van der Waals surface area contributed by atoms with E-state index in [1.165, 1.54) is 0 Å². The third kappa shape index (κ3) is 4.47. The highest BCUT2D eigenvalue weighted by atomic mass is 19.4. The Morgan fingerprint density at radius 1 is 1.16 bits per heavy atom. The fraction of sp³-hybridized carbons (Fsp3) is 0.478. The molecule has 0 aromatic carbocycles. The summed E-state index contributed by atoms with van der Waals surface area (Å²) >= 11 is 0. The molecule has 3 aromatic heterocycles. The number of alkyl halides is 3. The number of hydrogen-bond donors (Lipinski definition) is 0. The van der Waals surface area contributed by atoms with Crippen molar-refractivity contribution in [1.82, 2.24) is 24.5 Å². The van der Waals surface area contributed by atoms with Crippen molar-refractivity contribution < 1.29 is 18.0 Å². The summed E-state index contributed by atoms with van der Waals surface area (Å²) in [6.07, 6.45) is -0.436. The quantitative estimate of drug-likeness (QED) is 0.584. The van der Waals surface area contributed by atoms with Crippen molar-refractivity contribution >= 4 is 11.6 Å². The number of hydrogen-bond acceptors (Lipinski definition) is 4. The van der Waals surface area contributed by atoms with Crippen LogP contribution in [0.4, 0.5) is 13.2 Å². The lowest BCUT2D eigenvalue weighted by molar-refractivity contribution is -0.143. The first kappa shape index (κ1) is 22.2. The van der Waals surface area contributed by atoms with Crippen LogP contribution in [0.2, 0.25) is 0 Å². The van der Waals surface area contributed by atoms with Crippen LogP contribution < -0.4 is 0 Å². The van der Waals surface area contributed by atoms with Gasteiger partial charge in [0.25, 0.3) is 0 Å². The second-order valence-electron chi connectivity index (χ2n) is 9.21. The Morgan fingerprint density at radius 3 is 2.59 bits per heavy atom. The van der Waals surface area contributed by atoms with E-state index >= 15 is 0 Å². The number of nitrogens with zero attached hydrogens (tertiary/aromatic N) is 5. The molecule has 1 fully saturated rings. The molecule has 0 N–H and O–H groups in total. The van der Waals surface area contributed by atoms with Gasteiger partial charge in [-0.25, -0.2) is 9.50 Å². The van der Waals surface area contributed by atoms with Gasteiger partial charge < -0.3 is 4.90 Å². The number of halogens is 3. The SMILES string of the molecule is CC(C)(C)c1cc(C(F)(F)F)n2nc(C3CCCCN3C(=O)Cc3ccccn3)cc2n1. The topological polar surface area (TPSA) is 63.4 Å². The van der Waals surface area contributed by atoms with Crippen molar-refractivity contribution in [3.8, 4) is 0 Å². The van der Waals surface area contributed by atoms with Crippen LogP contribution in [0, 0.1) is 0 Å². The molecule has 4 rings (SSSR count). The molecule has 0 spiro atoms. The summed E-state index contributed by atoms with van der Waals surface area (Å²) < 4.78 is 42.3. The van der Waals surface area contributed by atoms with E-state index in [9.17, 15) is 18.0 Å². The van der Waals surface area contributed by atoms with Crippen LogP contribution in [0.25, 0.3) is 5.65 Å². The van der Waals surface area contributed by atoms with E-state index < -0.39 is 17.3 Å². The number of rotatable bonds is 3. The first-order valence-corrected chi connectivity index (χ1v) is 10.7. The number of carbonyl (C=O) groups excluding carboxylic acids is 1. The molecule has 0 aliphatic carbocycles. The molecule has 1 amide bonds. The molecule has 6 nitrogen and oxygen atoms in total. The largest absolute Gasteiger partial charge is 0.433 e. The maximum absolute atomic E-state index is 13.8.